The highest BCUT2D eigenvalue weighted by Crippen LogP contribution is 2.39. The van der Waals surface area contributed by atoms with Crippen LogP contribution in [0.25, 0.3) is 0 Å². The Kier molecular flexibility index (Phi) is 3.08. The minimum atomic E-state index is 0. The van der Waals surface area contributed by atoms with E-state index in [0.29, 0.717) is 0 Å². The molecule has 0 amide bonds. The summed E-state index contributed by atoms with van der Waals surface area (Å²) in [7, 11) is 2.30. The van der Waals surface area contributed by atoms with Gasteiger partial charge >= 0.3 is 0 Å². The summed E-state index contributed by atoms with van der Waals surface area (Å²) in [4.78, 5) is 2.60. The minimum absolute atomic E-state index is 0. The molecule has 2 atom stereocenters. The van der Waals surface area contributed by atoms with Crippen LogP contribution in [0.3, 0.4) is 0 Å². The van der Waals surface area contributed by atoms with Gasteiger partial charge in [-0.3, -0.25) is 0 Å². The molecule has 2 fully saturated rings. The maximum atomic E-state index is 2.60. The third kappa shape index (κ3) is 1.81. The first-order chi connectivity index (χ1) is 6.84. The topological polar surface area (TPSA) is 8.17 Å². The van der Waals surface area contributed by atoms with E-state index in [0.717, 1.165) is 18.1 Å². The first-order valence-electron chi connectivity index (χ1n) is 5.69. The first kappa shape index (κ1) is 11.0. The summed E-state index contributed by atoms with van der Waals surface area (Å²) in [5.74, 6) is 0. The fourth-order valence-corrected chi connectivity index (χ4v) is 3.22. The lowest BCUT2D eigenvalue weighted by Crippen LogP contribution is -2.40. The SMILES string of the molecule is CN1C2CCC1CC(n1cccc1)C2.Cl. The number of hydrogen-bond acceptors (Lipinski definition) is 1. The van der Waals surface area contributed by atoms with Crippen molar-refractivity contribution < 1.29 is 0 Å². The highest BCUT2D eigenvalue weighted by atomic mass is 35.5. The number of hydrogen-bond donors (Lipinski definition) is 0. The molecular formula is C12H19ClN2. The van der Waals surface area contributed by atoms with Crippen LogP contribution >= 0.6 is 12.4 Å². The van der Waals surface area contributed by atoms with E-state index >= 15 is 0 Å². The largest absolute Gasteiger partial charge is 0.351 e. The van der Waals surface area contributed by atoms with Crippen molar-refractivity contribution >= 4 is 12.4 Å². The van der Waals surface area contributed by atoms with Crippen molar-refractivity contribution in [3.8, 4) is 0 Å². The van der Waals surface area contributed by atoms with Gasteiger partial charge in [-0.15, -0.1) is 12.4 Å². The Hall–Kier alpha value is -0.470. The molecule has 2 aliphatic heterocycles. The number of rotatable bonds is 1. The summed E-state index contributed by atoms with van der Waals surface area (Å²) in [5.41, 5.74) is 0. The first-order valence-corrected chi connectivity index (χ1v) is 5.69. The Morgan fingerprint density at radius 1 is 0.933 bits per heavy atom. The smallest absolute Gasteiger partial charge is 0.0360 e. The number of nitrogens with zero attached hydrogens (tertiary/aromatic N) is 2. The van der Waals surface area contributed by atoms with Gasteiger partial charge in [0, 0.05) is 30.5 Å². The molecular weight excluding hydrogens is 208 g/mol. The van der Waals surface area contributed by atoms with Crippen LogP contribution in [-0.4, -0.2) is 28.6 Å². The Bertz CT molecular complexity index is 295. The second-order valence-electron chi connectivity index (χ2n) is 4.81. The van der Waals surface area contributed by atoms with Crippen molar-refractivity contribution in [3.63, 3.8) is 0 Å². The summed E-state index contributed by atoms with van der Waals surface area (Å²) < 4.78 is 2.40. The highest BCUT2D eigenvalue weighted by Gasteiger charge is 2.38. The number of halogens is 1. The van der Waals surface area contributed by atoms with Crippen molar-refractivity contribution in [2.45, 2.75) is 43.8 Å². The Balaban J connectivity index is 0.000000853. The lowest BCUT2D eigenvalue weighted by molar-refractivity contribution is 0.137. The molecule has 0 aliphatic carbocycles. The maximum absolute atomic E-state index is 2.60. The lowest BCUT2D eigenvalue weighted by Gasteiger charge is -2.37. The third-order valence-corrected chi connectivity index (χ3v) is 4.12. The van der Waals surface area contributed by atoms with Gasteiger partial charge in [0.25, 0.3) is 0 Å². The molecule has 0 spiro atoms. The molecule has 0 saturated carbocycles. The second-order valence-corrected chi connectivity index (χ2v) is 4.81. The quantitative estimate of drug-likeness (QED) is 0.715. The van der Waals surface area contributed by atoms with E-state index in [9.17, 15) is 0 Å². The van der Waals surface area contributed by atoms with E-state index < -0.39 is 0 Å². The molecule has 2 saturated heterocycles. The molecule has 84 valence electrons. The van der Waals surface area contributed by atoms with Gasteiger partial charge in [0.2, 0.25) is 0 Å². The Morgan fingerprint density at radius 2 is 1.47 bits per heavy atom. The van der Waals surface area contributed by atoms with Crippen LogP contribution in [0.2, 0.25) is 0 Å². The zero-order chi connectivity index (χ0) is 9.54. The van der Waals surface area contributed by atoms with Crippen molar-refractivity contribution in [2.75, 3.05) is 7.05 Å². The zero-order valence-corrected chi connectivity index (χ0v) is 9.99. The zero-order valence-electron chi connectivity index (χ0n) is 9.17. The Morgan fingerprint density at radius 3 is 2.00 bits per heavy atom. The fraction of sp³-hybridized carbons (Fsp3) is 0.667. The monoisotopic (exact) mass is 226 g/mol. The van der Waals surface area contributed by atoms with Crippen molar-refractivity contribution in [2.24, 2.45) is 0 Å². The minimum Gasteiger partial charge on any atom is -0.351 e. The average molecular weight is 227 g/mol. The van der Waals surface area contributed by atoms with E-state index in [2.05, 4.69) is 41.0 Å². The van der Waals surface area contributed by atoms with Gasteiger partial charge in [-0.1, -0.05) is 0 Å². The van der Waals surface area contributed by atoms with Crippen LogP contribution in [0, 0.1) is 0 Å². The van der Waals surface area contributed by atoms with Crippen LogP contribution < -0.4 is 0 Å². The third-order valence-electron chi connectivity index (χ3n) is 4.12. The van der Waals surface area contributed by atoms with Gasteiger partial charge in [0.15, 0.2) is 0 Å². The van der Waals surface area contributed by atoms with Crippen LogP contribution in [0.4, 0.5) is 0 Å². The van der Waals surface area contributed by atoms with E-state index in [1.54, 1.807) is 0 Å². The molecule has 2 bridgehead atoms. The summed E-state index contributed by atoms with van der Waals surface area (Å²) >= 11 is 0. The summed E-state index contributed by atoms with van der Waals surface area (Å²) in [6, 6.07) is 6.74. The van der Waals surface area contributed by atoms with Gasteiger partial charge < -0.3 is 9.47 Å². The van der Waals surface area contributed by atoms with E-state index in [1.807, 2.05) is 0 Å². The second kappa shape index (κ2) is 4.18. The standard InChI is InChI=1S/C12H18N2.ClH/c1-13-10-4-5-11(13)9-12(8-10)14-6-2-3-7-14;/h2-3,6-7,10-12H,4-5,8-9H2,1H3;1H. The van der Waals surface area contributed by atoms with Gasteiger partial charge in [-0.05, 0) is 44.9 Å². The molecule has 0 aromatic carbocycles. The van der Waals surface area contributed by atoms with E-state index in [4.69, 9.17) is 0 Å². The van der Waals surface area contributed by atoms with E-state index in [1.165, 1.54) is 25.7 Å². The lowest BCUT2D eigenvalue weighted by atomic mass is 9.98. The molecule has 3 rings (SSSR count). The summed E-state index contributed by atoms with van der Waals surface area (Å²) in [5, 5.41) is 0. The molecule has 1 aromatic rings. The highest BCUT2D eigenvalue weighted by molar-refractivity contribution is 5.85. The van der Waals surface area contributed by atoms with Gasteiger partial charge in [0.1, 0.15) is 0 Å². The molecule has 2 aliphatic rings. The molecule has 1 aromatic heterocycles. The van der Waals surface area contributed by atoms with Crippen molar-refractivity contribution in [3.05, 3.63) is 24.5 Å². The normalized spacial score (nSPS) is 35.1. The van der Waals surface area contributed by atoms with Gasteiger partial charge in [-0.2, -0.15) is 0 Å². The number of fused-ring (bicyclic) bond motifs is 2. The maximum Gasteiger partial charge on any atom is 0.0360 e. The molecule has 2 unspecified atom stereocenters. The van der Waals surface area contributed by atoms with Crippen LogP contribution in [-0.2, 0) is 0 Å². The molecule has 2 nitrogen and oxygen atoms in total. The number of piperidine rings is 1. The van der Waals surface area contributed by atoms with Crippen LogP contribution in [0.15, 0.2) is 24.5 Å². The summed E-state index contributed by atoms with van der Waals surface area (Å²) in [6.45, 7) is 0. The molecule has 0 N–H and O–H groups in total. The van der Waals surface area contributed by atoms with Crippen LogP contribution in [0.1, 0.15) is 31.7 Å². The average Bonchev–Trinajstić information content (AvgIpc) is 2.75. The van der Waals surface area contributed by atoms with E-state index in [-0.39, 0.29) is 12.4 Å². The van der Waals surface area contributed by atoms with Crippen molar-refractivity contribution in [1.82, 2.24) is 9.47 Å². The molecule has 3 heterocycles. The van der Waals surface area contributed by atoms with Gasteiger partial charge in [0.05, 0.1) is 0 Å². The molecule has 15 heavy (non-hydrogen) atoms. The molecule has 0 radical (unpaired) electrons. The van der Waals surface area contributed by atoms with Gasteiger partial charge in [-0.25, -0.2) is 0 Å². The predicted molar refractivity (Wildman–Crippen MR) is 64.5 cm³/mol. The molecule has 3 heteroatoms. The number of aromatic nitrogens is 1. The van der Waals surface area contributed by atoms with Crippen molar-refractivity contribution in [1.29, 1.82) is 0 Å². The Labute approximate surface area is 97.7 Å². The van der Waals surface area contributed by atoms with Crippen LogP contribution in [0.5, 0.6) is 0 Å². The fourth-order valence-electron chi connectivity index (χ4n) is 3.22. The predicted octanol–water partition coefficient (Wildman–Crippen LogP) is 2.71. The summed E-state index contributed by atoms with van der Waals surface area (Å²) in [6.07, 6.45) is 9.96.